The van der Waals surface area contributed by atoms with Crippen LogP contribution < -0.4 is 9.64 Å². The number of carbonyl (C=O) groups is 1. The van der Waals surface area contributed by atoms with Crippen LogP contribution in [0.5, 0.6) is 5.75 Å². The lowest BCUT2D eigenvalue weighted by Gasteiger charge is -2.37. The molecule has 5 nitrogen and oxygen atoms in total. The molecule has 1 unspecified atom stereocenters. The number of fused-ring (bicyclic) bond motifs is 1. The minimum atomic E-state index is -0.0572. The zero-order valence-electron chi connectivity index (χ0n) is 14.8. The number of nitrogens with zero attached hydrogens (tertiary/aromatic N) is 3. The second-order valence-electron chi connectivity index (χ2n) is 5.99. The van der Waals surface area contributed by atoms with Crippen LogP contribution in [0.15, 0.2) is 47.6 Å². The highest BCUT2D eigenvalue weighted by molar-refractivity contribution is 7.98. The number of rotatable bonds is 5. The zero-order valence-corrected chi connectivity index (χ0v) is 15.6. The second-order valence-corrected chi connectivity index (χ2v) is 6.79. The fraction of sp³-hybridized carbons (Fsp3) is 0.368. The topological polar surface area (TPSA) is 45.7 Å². The normalized spacial score (nSPS) is 16.1. The van der Waals surface area contributed by atoms with E-state index < -0.39 is 0 Å². The Balaban J connectivity index is 1.73. The molecular weight excluding hydrogens is 334 g/mol. The van der Waals surface area contributed by atoms with Gasteiger partial charge in [-0.2, -0.15) is 0 Å². The Morgan fingerprint density at radius 3 is 2.92 bits per heavy atom. The number of aromatic nitrogens is 1. The lowest BCUT2D eigenvalue weighted by Crippen LogP contribution is -2.46. The van der Waals surface area contributed by atoms with Crippen molar-refractivity contribution in [3.8, 4) is 5.75 Å². The number of hydrogen-bond donors (Lipinski definition) is 0. The lowest BCUT2D eigenvalue weighted by molar-refractivity contribution is 0.0705. The van der Waals surface area contributed by atoms with Gasteiger partial charge in [0, 0.05) is 19.8 Å². The molecule has 2 aromatic rings. The van der Waals surface area contributed by atoms with E-state index in [1.54, 1.807) is 17.2 Å². The van der Waals surface area contributed by atoms with Crippen molar-refractivity contribution in [2.75, 3.05) is 37.8 Å². The van der Waals surface area contributed by atoms with Crippen molar-refractivity contribution in [1.29, 1.82) is 0 Å². The van der Waals surface area contributed by atoms with Crippen molar-refractivity contribution in [3.05, 3.63) is 48.2 Å². The highest BCUT2D eigenvalue weighted by Crippen LogP contribution is 2.33. The fourth-order valence-electron chi connectivity index (χ4n) is 3.08. The smallest absolute Gasteiger partial charge is 0.256 e. The fourth-order valence-corrected chi connectivity index (χ4v) is 3.63. The van der Waals surface area contributed by atoms with Gasteiger partial charge in [-0.1, -0.05) is 12.1 Å². The maximum absolute atomic E-state index is 12.8. The van der Waals surface area contributed by atoms with E-state index in [1.807, 2.05) is 37.6 Å². The summed E-state index contributed by atoms with van der Waals surface area (Å²) in [6, 6.07) is 11.7. The molecule has 1 aliphatic rings. The van der Waals surface area contributed by atoms with E-state index in [0.29, 0.717) is 12.1 Å². The van der Waals surface area contributed by atoms with Gasteiger partial charge >= 0.3 is 0 Å². The molecule has 0 saturated carbocycles. The Morgan fingerprint density at radius 1 is 1.36 bits per heavy atom. The number of likely N-dealkylation sites (N-methyl/N-ethyl adjacent to an activating group) is 2. The molecule has 1 amide bonds. The molecule has 6 heteroatoms. The summed E-state index contributed by atoms with van der Waals surface area (Å²) in [5, 5.41) is 0.754. The van der Waals surface area contributed by atoms with Gasteiger partial charge in [-0.15, -0.1) is 11.8 Å². The van der Waals surface area contributed by atoms with E-state index in [2.05, 4.69) is 22.9 Å². The van der Waals surface area contributed by atoms with Crippen molar-refractivity contribution in [3.63, 3.8) is 0 Å². The van der Waals surface area contributed by atoms with Crippen LogP contribution in [0.4, 0.5) is 5.69 Å². The van der Waals surface area contributed by atoms with Gasteiger partial charge in [0.1, 0.15) is 16.9 Å². The van der Waals surface area contributed by atoms with Gasteiger partial charge in [-0.05, 0) is 37.4 Å². The number of hydrogen-bond acceptors (Lipinski definition) is 5. The monoisotopic (exact) mass is 357 g/mol. The Morgan fingerprint density at radius 2 is 2.16 bits per heavy atom. The molecule has 3 rings (SSSR count). The summed E-state index contributed by atoms with van der Waals surface area (Å²) in [4.78, 5) is 21.1. The largest absolute Gasteiger partial charge is 0.485 e. The van der Waals surface area contributed by atoms with Gasteiger partial charge in [-0.25, -0.2) is 4.98 Å². The van der Waals surface area contributed by atoms with Gasteiger partial charge in [0.2, 0.25) is 0 Å². The molecule has 1 aromatic carbocycles. The molecule has 0 saturated heterocycles. The van der Waals surface area contributed by atoms with Crippen LogP contribution in [0.2, 0.25) is 0 Å². The molecule has 0 fully saturated rings. The molecule has 25 heavy (non-hydrogen) atoms. The second kappa shape index (κ2) is 7.78. The van der Waals surface area contributed by atoms with Crippen molar-refractivity contribution >= 4 is 23.4 Å². The first-order valence-electron chi connectivity index (χ1n) is 8.39. The molecule has 1 atom stereocenters. The van der Waals surface area contributed by atoms with E-state index in [0.717, 1.165) is 29.6 Å². The SMILES string of the molecule is CCN1CC(CN(C)C(=O)c2cccnc2SC)Oc2ccccc21. The molecule has 0 radical (unpaired) electrons. The first kappa shape index (κ1) is 17.6. The van der Waals surface area contributed by atoms with Gasteiger partial charge in [0.05, 0.1) is 24.3 Å². The minimum Gasteiger partial charge on any atom is -0.485 e. The number of benzene rings is 1. The number of pyridine rings is 1. The van der Waals surface area contributed by atoms with Crippen LogP contribution >= 0.6 is 11.8 Å². The first-order chi connectivity index (χ1) is 12.1. The molecule has 0 bridgehead atoms. The van der Waals surface area contributed by atoms with Gasteiger partial charge < -0.3 is 14.5 Å². The van der Waals surface area contributed by atoms with Crippen LogP contribution in [0.25, 0.3) is 0 Å². The third-order valence-corrected chi connectivity index (χ3v) is 5.04. The third-order valence-electron chi connectivity index (χ3n) is 4.32. The van der Waals surface area contributed by atoms with Crippen LogP contribution in [0.1, 0.15) is 17.3 Å². The van der Waals surface area contributed by atoms with E-state index in [9.17, 15) is 4.79 Å². The summed E-state index contributed by atoms with van der Waals surface area (Å²) in [6.07, 6.45) is 3.58. The molecule has 0 aliphatic carbocycles. The molecule has 0 N–H and O–H groups in total. The number of anilines is 1. The molecule has 1 aliphatic heterocycles. The number of para-hydroxylation sites is 2. The molecule has 1 aromatic heterocycles. The molecule has 0 spiro atoms. The molecule has 132 valence electrons. The Labute approximate surface area is 153 Å². The number of thioether (sulfide) groups is 1. The Hall–Kier alpha value is -2.21. The average molecular weight is 357 g/mol. The standard InChI is InChI=1S/C19H23N3O2S/c1-4-22-13-14(24-17-10-6-5-9-16(17)22)12-21(2)19(23)15-8-7-11-20-18(15)25-3/h5-11,14H,4,12-13H2,1-3H3. The van der Waals surface area contributed by atoms with Crippen molar-refractivity contribution in [2.24, 2.45) is 0 Å². The summed E-state index contributed by atoms with van der Waals surface area (Å²) in [7, 11) is 1.82. The summed E-state index contributed by atoms with van der Waals surface area (Å²) >= 11 is 1.48. The van der Waals surface area contributed by atoms with E-state index in [1.165, 1.54) is 11.8 Å². The summed E-state index contributed by atoms with van der Waals surface area (Å²) in [6.45, 7) is 4.35. The van der Waals surface area contributed by atoms with E-state index in [-0.39, 0.29) is 12.0 Å². The highest BCUT2D eigenvalue weighted by Gasteiger charge is 2.27. The van der Waals surface area contributed by atoms with E-state index >= 15 is 0 Å². The maximum Gasteiger partial charge on any atom is 0.256 e. The average Bonchev–Trinajstić information content (AvgIpc) is 2.66. The quantitative estimate of drug-likeness (QED) is 0.769. The number of carbonyl (C=O) groups excluding carboxylic acids is 1. The van der Waals surface area contributed by atoms with Gasteiger partial charge in [-0.3, -0.25) is 4.79 Å². The van der Waals surface area contributed by atoms with Crippen molar-refractivity contribution < 1.29 is 9.53 Å². The van der Waals surface area contributed by atoms with Gasteiger partial charge in [0.15, 0.2) is 0 Å². The predicted octanol–water partition coefficient (Wildman–Crippen LogP) is 3.16. The van der Waals surface area contributed by atoms with Crippen LogP contribution in [-0.4, -0.2) is 54.8 Å². The predicted molar refractivity (Wildman–Crippen MR) is 102 cm³/mol. The highest BCUT2D eigenvalue weighted by atomic mass is 32.2. The zero-order chi connectivity index (χ0) is 17.8. The third kappa shape index (κ3) is 3.74. The summed E-state index contributed by atoms with van der Waals surface area (Å²) in [5.41, 5.74) is 1.76. The number of ether oxygens (including phenoxy) is 1. The van der Waals surface area contributed by atoms with Crippen LogP contribution in [0, 0.1) is 0 Å². The summed E-state index contributed by atoms with van der Waals surface area (Å²) in [5.74, 6) is 0.857. The molecular formula is C19H23N3O2S. The van der Waals surface area contributed by atoms with Crippen molar-refractivity contribution in [1.82, 2.24) is 9.88 Å². The number of amides is 1. The maximum atomic E-state index is 12.8. The first-order valence-corrected chi connectivity index (χ1v) is 9.61. The lowest BCUT2D eigenvalue weighted by atomic mass is 10.1. The summed E-state index contributed by atoms with van der Waals surface area (Å²) < 4.78 is 6.12. The minimum absolute atomic E-state index is 0.0250. The Kier molecular flexibility index (Phi) is 5.48. The van der Waals surface area contributed by atoms with Crippen LogP contribution in [-0.2, 0) is 0 Å². The molecule has 2 heterocycles. The van der Waals surface area contributed by atoms with Crippen LogP contribution in [0.3, 0.4) is 0 Å². The Bertz CT molecular complexity index is 753. The van der Waals surface area contributed by atoms with Gasteiger partial charge in [0.25, 0.3) is 5.91 Å². The van der Waals surface area contributed by atoms with E-state index in [4.69, 9.17) is 4.74 Å². The van der Waals surface area contributed by atoms with Crippen molar-refractivity contribution in [2.45, 2.75) is 18.1 Å².